The molecule has 7 heteroatoms. The molecule has 156 valence electrons. The van der Waals surface area contributed by atoms with E-state index in [4.69, 9.17) is 20.6 Å². The number of fused-ring (bicyclic) bond motifs is 1. The molecule has 7 nitrogen and oxygen atoms in total. The maximum Gasteiger partial charge on any atom is 0.237 e. The van der Waals surface area contributed by atoms with Crippen LogP contribution in [0.2, 0.25) is 0 Å². The van der Waals surface area contributed by atoms with Gasteiger partial charge in [0.05, 0.1) is 36.8 Å². The minimum Gasteiger partial charge on any atom is -0.383 e. The van der Waals surface area contributed by atoms with Crippen molar-refractivity contribution >= 4 is 11.9 Å². The van der Waals surface area contributed by atoms with E-state index >= 15 is 0 Å². The number of carbonyl (C=O) groups excluding carboxylic acids is 1. The largest absolute Gasteiger partial charge is 0.383 e. The Bertz CT molecular complexity index is 834. The van der Waals surface area contributed by atoms with E-state index in [2.05, 4.69) is 13.0 Å². The van der Waals surface area contributed by atoms with Gasteiger partial charge in [-0.1, -0.05) is 13.0 Å². The predicted octanol–water partition coefficient (Wildman–Crippen LogP) is 2.39. The standard InChI is InChI=1S/C22H30N4O3/c1-14-11-22(7-6-18(14)29-3)12-16-5-4-15(13-23)10-17(16)19(22)20(27)26(21(24)25)8-9-28-2/h4-5,10,14,18-19H,6-9,11-12H2,1-3H3,(H3,24,25)/t14-,18-,19-,22-/m0/s1. The molecule has 0 radical (unpaired) electrons. The van der Waals surface area contributed by atoms with Gasteiger partial charge in [0.2, 0.25) is 5.91 Å². The highest BCUT2D eigenvalue weighted by Gasteiger charge is 2.53. The van der Waals surface area contributed by atoms with Crippen LogP contribution in [-0.2, 0) is 20.7 Å². The summed E-state index contributed by atoms with van der Waals surface area (Å²) in [5, 5.41) is 17.3. The van der Waals surface area contributed by atoms with E-state index in [0.29, 0.717) is 18.1 Å². The van der Waals surface area contributed by atoms with Crippen LogP contribution >= 0.6 is 0 Å². The summed E-state index contributed by atoms with van der Waals surface area (Å²) in [5.41, 5.74) is 8.08. The topological polar surface area (TPSA) is 112 Å². The maximum absolute atomic E-state index is 13.7. The summed E-state index contributed by atoms with van der Waals surface area (Å²) in [7, 11) is 3.30. The van der Waals surface area contributed by atoms with E-state index in [1.54, 1.807) is 14.2 Å². The highest BCUT2D eigenvalue weighted by Crippen LogP contribution is 2.57. The summed E-state index contributed by atoms with van der Waals surface area (Å²) in [5.74, 6) is -0.553. The average Bonchev–Trinajstić information content (AvgIpc) is 2.99. The van der Waals surface area contributed by atoms with Crippen molar-refractivity contribution in [1.29, 1.82) is 10.7 Å². The number of hydrogen-bond donors (Lipinski definition) is 2. The fourth-order valence-corrected chi connectivity index (χ4v) is 5.35. The Morgan fingerprint density at radius 1 is 1.45 bits per heavy atom. The van der Waals surface area contributed by atoms with Gasteiger partial charge in [0, 0.05) is 14.2 Å². The number of carbonyl (C=O) groups is 1. The zero-order chi connectivity index (χ0) is 21.2. The van der Waals surface area contributed by atoms with Crippen molar-refractivity contribution in [3.63, 3.8) is 0 Å². The normalized spacial score (nSPS) is 28.0. The summed E-state index contributed by atoms with van der Waals surface area (Å²) in [6.07, 6.45) is 3.58. The molecule has 2 aliphatic rings. The first kappa shape index (κ1) is 21.3. The number of amides is 1. The molecule has 1 aromatic rings. The summed E-state index contributed by atoms with van der Waals surface area (Å²) in [4.78, 5) is 15.0. The number of nitrogens with zero attached hydrogens (tertiary/aromatic N) is 2. The summed E-state index contributed by atoms with van der Waals surface area (Å²) < 4.78 is 10.8. The Balaban J connectivity index is 2.04. The van der Waals surface area contributed by atoms with Gasteiger partial charge < -0.3 is 15.2 Å². The van der Waals surface area contributed by atoms with E-state index in [0.717, 1.165) is 36.8 Å². The molecular weight excluding hydrogens is 368 g/mol. The van der Waals surface area contributed by atoms with Crippen molar-refractivity contribution in [3.8, 4) is 6.07 Å². The van der Waals surface area contributed by atoms with Crippen molar-refractivity contribution < 1.29 is 14.3 Å². The zero-order valence-electron chi connectivity index (χ0n) is 17.4. The first-order valence-electron chi connectivity index (χ1n) is 10.1. The second-order valence-corrected chi connectivity index (χ2v) is 8.36. The number of rotatable bonds is 5. The van der Waals surface area contributed by atoms with Gasteiger partial charge in [0.25, 0.3) is 0 Å². The third kappa shape index (κ3) is 3.87. The van der Waals surface area contributed by atoms with Crippen LogP contribution in [-0.4, -0.2) is 50.2 Å². The fraction of sp³-hybridized carbons (Fsp3) is 0.591. The fourth-order valence-electron chi connectivity index (χ4n) is 5.35. The number of nitrogens with two attached hydrogens (primary N) is 1. The monoisotopic (exact) mass is 398 g/mol. The lowest BCUT2D eigenvalue weighted by Crippen LogP contribution is -2.50. The van der Waals surface area contributed by atoms with Gasteiger partial charge in [-0.15, -0.1) is 0 Å². The number of benzene rings is 1. The van der Waals surface area contributed by atoms with Gasteiger partial charge in [-0.2, -0.15) is 5.26 Å². The van der Waals surface area contributed by atoms with Crippen molar-refractivity contribution in [2.45, 2.75) is 44.6 Å². The Morgan fingerprint density at radius 2 is 2.21 bits per heavy atom. The van der Waals surface area contributed by atoms with Crippen LogP contribution in [0.1, 0.15) is 48.8 Å². The average molecular weight is 399 g/mol. The van der Waals surface area contributed by atoms with Gasteiger partial charge >= 0.3 is 0 Å². The molecule has 1 fully saturated rings. The van der Waals surface area contributed by atoms with E-state index in [-0.39, 0.29) is 29.9 Å². The Hall–Kier alpha value is -2.43. The minimum absolute atomic E-state index is 0.175. The molecule has 4 atom stereocenters. The number of methoxy groups -OCH3 is 2. The molecule has 0 bridgehead atoms. The van der Waals surface area contributed by atoms with Crippen molar-refractivity contribution in [3.05, 3.63) is 34.9 Å². The predicted molar refractivity (Wildman–Crippen MR) is 109 cm³/mol. The summed E-state index contributed by atoms with van der Waals surface area (Å²) in [6, 6.07) is 7.82. The molecule has 1 aromatic carbocycles. The molecule has 0 saturated heterocycles. The smallest absolute Gasteiger partial charge is 0.237 e. The lowest BCUT2D eigenvalue weighted by atomic mass is 9.62. The quantitative estimate of drug-likeness (QED) is 0.584. The van der Waals surface area contributed by atoms with Gasteiger partial charge in [-0.05, 0) is 60.3 Å². The molecule has 2 aliphatic carbocycles. The minimum atomic E-state index is -0.424. The molecule has 1 amide bonds. The summed E-state index contributed by atoms with van der Waals surface area (Å²) in [6.45, 7) is 2.72. The lowest BCUT2D eigenvalue weighted by Gasteiger charge is -2.45. The van der Waals surface area contributed by atoms with Gasteiger partial charge in [-0.25, -0.2) is 0 Å². The van der Waals surface area contributed by atoms with Crippen LogP contribution in [0.15, 0.2) is 18.2 Å². The highest BCUT2D eigenvalue weighted by molar-refractivity contribution is 5.99. The van der Waals surface area contributed by atoms with Crippen LogP contribution in [0.5, 0.6) is 0 Å². The van der Waals surface area contributed by atoms with E-state index in [1.807, 2.05) is 18.2 Å². The lowest BCUT2D eigenvalue weighted by molar-refractivity contribution is -0.134. The van der Waals surface area contributed by atoms with Crippen LogP contribution in [0.25, 0.3) is 0 Å². The Kier molecular flexibility index (Phi) is 6.25. The maximum atomic E-state index is 13.7. The van der Waals surface area contributed by atoms with Gasteiger partial charge in [0.1, 0.15) is 0 Å². The number of guanidine groups is 1. The Morgan fingerprint density at radius 3 is 2.79 bits per heavy atom. The molecule has 1 spiro atoms. The summed E-state index contributed by atoms with van der Waals surface area (Å²) >= 11 is 0. The van der Waals surface area contributed by atoms with Gasteiger partial charge in [-0.3, -0.25) is 15.1 Å². The number of nitriles is 1. The first-order valence-corrected chi connectivity index (χ1v) is 10.1. The second kappa shape index (κ2) is 8.52. The van der Waals surface area contributed by atoms with Crippen molar-refractivity contribution in [1.82, 2.24) is 4.90 Å². The molecule has 0 aliphatic heterocycles. The molecule has 3 rings (SSSR count). The molecular formula is C22H30N4O3. The SMILES string of the molecule is COCCN(C(=N)N)C(=O)[C@@H]1c2cc(C#N)ccc2C[C@@]12CC[C@H](OC)[C@@H](C)C2. The molecule has 0 heterocycles. The molecule has 29 heavy (non-hydrogen) atoms. The highest BCUT2D eigenvalue weighted by atomic mass is 16.5. The van der Waals surface area contributed by atoms with Crippen LogP contribution < -0.4 is 5.73 Å². The van der Waals surface area contributed by atoms with Crippen LogP contribution in [0.4, 0.5) is 0 Å². The Labute approximate surface area is 172 Å². The second-order valence-electron chi connectivity index (χ2n) is 8.36. The van der Waals surface area contributed by atoms with E-state index in [1.165, 1.54) is 4.90 Å². The number of nitrogens with one attached hydrogen (secondary N) is 1. The van der Waals surface area contributed by atoms with Crippen LogP contribution in [0, 0.1) is 28.1 Å². The third-order valence-corrected chi connectivity index (χ3v) is 6.66. The van der Waals surface area contributed by atoms with Crippen molar-refractivity contribution in [2.75, 3.05) is 27.4 Å². The molecule has 0 aromatic heterocycles. The first-order chi connectivity index (χ1) is 13.9. The van der Waals surface area contributed by atoms with Crippen molar-refractivity contribution in [2.24, 2.45) is 17.1 Å². The van der Waals surface area contributed by atoms with Crippen LogP contribution in [0.3, 0.4) is 0 Å². The van der Waals surface area contributed by atoms with E-state index < -0.39 is 5.92 Å². The van der Waals surface area contributed by atoms with E-state index in [9.17, 15) is 10.1 Å². The molecule has 0 unspecified atom stereocenters. The third-order valence-electron chi connectivity index (χ3n) is 6.66. The number of ether oxygens (including phenoxy) is 2. The molecule has 1 saturated carbocycles. The van der Waals surface area contributed by atoms with Gasteiger partial charge in [0.15, 0.2) is 5.96 Å². The number of hydrogen-bond acceptors (Lipinski definition) is 5. The molecule has 3 N–H and O–H groups in total. The zero-order valence-corrected chi connectivity index (χ0v) is 17.4.